The lowest BCUT2D eigenvalue weighted by Crippen LogP contribution is -2.37. The molecule has 23 heavy (non-hydrogen) atoms. The minimum absolute atomic E-state index is 0.0312. The number of hydrogen-bond acceptors (Lipinski definition) is 5. The summed E-state index contributed by atoms with van der Waals surface area (Å²) in [6, 6.07) is 9.67. The second-order valence-corrected chi connectivity index (χ2v) is 4.84. The Morgan fingerprint density at radius 2 is 2.13 bits per heavy atom. The van der Waals surface area contributed by atoms with Crippen LogP contribution in [0, 0.1) is 6.92 Å². The molecule has 2 aromatic heterocycles. The lowest BCUT2D eigenvalue weighted by Gasteiger charge is -2.03. The van der Waals surface area contributed by atoms with Gasteiger partial charge in [-0.25, -0.2) is 10.1 Å². The van der Waals surface area contributed by atoms with Crippen molar-refractivity contribution in [3.63, 3.8) is 0 Å². The lowest BCUT2D eigenvalue weighted by atomic mass is 10.2. The first kappa shape index (κ1) is 14.5. The summed E-state index contributed by atoms with van der Waals surface area (Å²) in [7, 11) is 0. The number of fused-ring (bicyclic) bond motifs is 1. The zero-order chi connectivity index (χ0) is 16.4. The lowest BCUT2D eigenvalue weighted by molar-refractivity contribution is 0.0970. The average Bonchev–Trinajstić information content (AvgIpc) is 2.87. The van der Waals surface area contributed by atoms with Crippen molar-refractivity contribution in [3.8, 4) is 0 Å². The maximum Gasteiger partial charge on any atom is 0.278 e. The Morgan fingerprint density at radius 3 is 2.87 bits per heavy atom. The Kier molecular flexibility index (Phi) is 3.63. The topological polar surface area (TPSA) is 126 Å². The molecule has 3 rings (SSSR count). The zero-order valence-electron chi connectivity index (χ0n) is 12.2. The molecule has 0 atom stereocenters. The van der Waals surface area contributed by atoms with Crippen LogP contribution in [0.4, 0.5) is 5.69 Å². The van der Waals surface area contributed by atoms with Crippen LogP contribution in [0.1, 0.15) is 16.2 Å². The van der Waals surface area contributed by atoms with Gasteiger partial charge in [-0.3, -0.25) is 14.9 Å². The monoisotopic (exact) mass is 311 g/mol. The highest BCUT2D eigenvalue weighted by atomic mass is 16.3. The number of aryl methyl sites for hydroxylation is 1. The van der Waals surface area contributed by atoms with Gasteiger partial charge in [0, 0.05) is 11.5 Å². The van der Waals surface area contributed by atoms with E-state index >= 15 is 0 Å². The molecule has 0 saturated carbocycles. The highest BCUT2D eigenvalue weighted by molar-refractivity contribution is 6.04. The SMILES string of the molecule is Cc1cc2cc(N=C(N)NC(=O)c3ccc(=O)[nH]n3)ccc2o1. The smallest absolute Gasteiger partial charge is 0.278 e. The summed E-state index contributed by atoms with van der Waals surface area (Å²) in [6.07, 6.45) is 0. The molecule has 116 valence electrons. The zero-order valence-corrected chi connectivity index (χ0v) is 12.2. The van der Waals surface area contributed by atoms with Crippen LogP contribution in [0.5, 0.6) is 0 Å². The van der Waals surface area contributed by atoms with Crippen molar-refractivity contribution in [2.24, 2.45) is 10.7 Å². The fourth-order valence-corrected chi connectivity index (χ4v) is 2.05. The van der Waals surface area contributed by atoms with E-state index < -0.39 is 11.5 Å². The number of carbonyl (C=O) groups excluding carboxylic acids is 1. The van der Waals surface area contributed by atoms with E-state index in [1.165, 1.54) is 12.1 Å². The fourth-order valence-electron chi connectivity index (χ4n) is 2.05. The first-order valence-electron chi connectivity index (χ1n) is 6.73. The van der Waals surface area contributed by atoms with E-state index in [2.05, 4.69) is 20.5 Å². The van der Waals surface area contributed by atoms with Crippen LogP contribution in [-0.2, 0) is 0 Å². The molecule has 0 spiro atoms. The number of nitrogens with zero attached hydrogens (tertiary/aromatic N) is 2. The number of aliphatic imine (C=N–C) groups is 1. The number of furan rings is 1. The third-order valence-electron chi connectivity index (χ3n) is 3.03. The van der Waals surface area contributed by atoms with Crippen molar-refractivity contribution in [1.82, 2.24) is 15.5 Å². The first-order valence-corrected chi connectivity index (χ1v) is 6.73. The molecule has 0 fully saturated rings. The number of carbonyl (C=O) groups is 1. The van der Waals surface area contributed by atoms with Gasteiger partial charge in [0.1, 0.15) is 17.0 Å². The van der Waals surface area contributed by atoms with Gasteiger partial charge in [-0.15, -0.1) is 0 Å². The van der Waals surface area contributed by atoms with Gasteiger partial charge in [0.05, 0.1) is 5.69 Å². The van der Waals surface area contributed by atoms with E-state index in [0.717, 1.165) is 16.7 Å². The number of guanidine groups is 1. The average molecular weight is 311 g/mol. The standard InChI is InChI=1S/C15H13N5O3/c1-8-6-9-7-10(2-4-12(9)23-8)17-15(16)18-14(22)11-3-5-13(21)20-19-11/h2-7H,1H3,(H,20,21)(H3,16,17,18,22). The van der Waals surface area contributed by atoms with E-state index in [0.29, 0.717) is 5.69 Å². The van der Waals surface area contributed by atoms with E-state index in [4.69, 9.17) is 10.2 Å². The third-order valence-corrected chi connectivity index (χ3v) is 3.03. The number of nitrogens with one attached hydrogen (secondary N) is 2. The third kappa shape index (κ3) is 3.26. The normalized spacial score (nSPS) is 11.6. The first-order chi connectivity index (χ1) is 11.0. The quantitative estimate of drug-likeness (QED) is 0.484. The van der Waals surface area contributed by atoms with E-state index in [-0.39, 0.29) is 11.7 Å². The van der Waals surface area contributed by atoms with Gasteiger partial charge in [-0.05, 0) is 37.3 Å². The van der Waals surface area contributed by atoms with Crippen LogP contribution in [0.2, 0.25) is 0 Å². The van der Waals surface area contributed by atoms with E-state index in [9.17, 15) is 9.59 Å². The molecule has 0 aliphatic carbocycles. The molecule has 4 N–H and O–H groups in total. The maximum absolute atomic E-state index is 11.9. The van der Waals surface area contributed by atoms with Crippen LogP contribution >= 0.6 is 0 Å². The van der Waals surface area contributed by atoms with Gasteiger partial charge in [-0.1, -0.05) is 0 Å². The van der Waals surface area contributed by atoms with Gasteiger partial charge in [0.25, 0.3) is 11.5 Å². The molecule has 0 unspecified atom stereocenters. The molecule has 0 radical (unpaired) electrons. The fraction of sp³-hybridized carbons (Fsp3) is 0.0667. The highest BCUT2D eigenvalue weighted by Crippen LogP contribution is 2.24. The molecule has 0 bridgehead atoms. The van der Waals surface area contributed by atoms with E-state index in [1.54, 1.807) is 18.2 Å². The van der Waals surface area contributed by atoms with Crippen molar-refractivity contribution >= 4 is 28.5 Å². The molecule has 0 aliphatic rings. The predicted molar refractivity (Wildman–Crippen MR) is 84.6 cm³/mol. The van der Waals surface area contributed by atoms with E-state index in [1.807, 2.05) is 13.0 Å². The number of benzene rings is 1. The molecule has 0 aliphatic heterocycles. The predicted octanol–water partition coefficient (Wildman–Crippen LogP) is 1.20. The van der Waals surface area contributed by atoms with Crippen molar-refractivity contribution in [2.45, 2.75) is 6.92 Å². The number of rotatable bonds is 2. The molecule has 3 aromatic rings. The van der Waals surface area contributed by atoms with Crippen LogP contribution in [-0.4, -0.2) is 22.1 Å². The van der Waals surface area contributed by atoms with Gasteiger partial charge < -0.3 is 10.2 Å². The molecule has 8 nitrogen and oxygen atoms in total. The van der Waals surface area contributed by atoms with Crippen LogP contribution in [0.15, 0.2) is 50.6 Å². The Balaban J connectivity index is 1.79. The summed E-state index contributed by atoms with van der Waals surface area (Å²) in [6.45, 7) is 1.86. The van der Waals surface area contributed by atoms with Gasteiger partial charge in [-0.2, -0.15) is 5.10 Å². The number of aromatic nitrogens is 2. The second kappa shape index (κ2) is 5.76. The van der Waals surface area contributed by atoms with Gasteiger partial charge in [0.15, 0.2) is 0 Å². The molecule has 1 amide bonds. The molecule has 1 aromatic carbocycles. The number of aromatic amines is 1. The second-order valence-electron chi connectivity index (χ2n) is 4.84. The minimum atomic E-state index is -0.567. The number of H-pyrrole nitrogens is 1. The minimum Gasteiger partial charge on any atom is -0.461 e. The summed E-state index contributed by atoms with van der Waals surface area (Å²) in [5, 5.41) is 9.07. The summed E-state index contributed by atoms with van der Waals surface area (Å²) in [5.74, 6) is 0.150. The summed E-state index contributed by atoms with van der Waals surface area (Å²) in [5.41, 5.74) is 6.68. The van der Waals surface area contributed by atoms with Crippen LogP contribution in [0.3, 0.4) is 0 Å². The Hall–Kier alpha value is -3.42. The highest BCUT2D eigenvalue weighted by Gasteiger charge is 2.09. The molecule has 2 heterocycles. The number of nitrogens with two attached hydrogens (primary N) is 1. The molecule has 0 saturated heterocycles. The largest absolute Gasteiger partial charge is 0.461 e. The maximum atomic E-state index is 11.9. The number of hydrogen-bond donors (Lipinski definition) is 3. The summed E-state index contributed by atoms with van der Waals surface area (Å²) < 4.78 is 5.47. The summed E-state index contributed by atoms with van der Waals surface area (Å²) in [4.78, 5) is 26.9. The van der Waals surface area contributed by atoms with Crippen molar-refractivity contribution < 1.29 is 9.21 Å². The molecule has 8 heteroatoms. The van der Waals surface area contributed by atoms with Gasteiger partial charge in [0.2, 0.25) is 5.96 Å². The Morgan fingerprint density at radius 1 is 1.30 bits per heavy atom. The summed E-state index contributed by atoms with van der Waals surface area (Å²) >= 11 is 0. The van der Waals surface area contributed by atoms with Crippen LogP contribution in [0.25, 0.3) is 11.0 Å². The Bertz CT molecular complexity index is 950. The molecular weight excluding hydrogens is 298 g/mol. The van der Waals surface area contributed by atoms with Crippen LogP contribution < -0.4 is 16.6 Å². The Labute approximate surface area is 130 Å². The van der Waals surface area contributed by atoms with Crippen molar-refractivity contribution in [3.05, 3.63) is 58.2 Å². The van der Waals surface area contributed by atoms with Crippen molar-refractivity contribution in [1.29, 1.82) is 0 Å². The molecular formula is C15H13N5O3. The van der Waals surface area contributed by atoms with Gasteiger partial charge >= 0.3 is 0 Å². The number of amides is 1. The van der Waals surface area contributed by atoms with Crippen molar-refractivity contribution in [2.75, 3.05) is 0 Å².